The molecule has 1 aliphatic rings. The van der Waals surface area contributed by atoms with Crippen molar-refractivity contribution in [3.63, 3.8) is 0 Å². The highest BCUT2D eigenvalue weighted by molar-refractivity contribution is 6.06. The van der Waals surface area contributed by atoms with Crippen molar-refractivity contribution in [2.24, 2.45) is 0 Å². The summed E-state index contributed by atoms with van der Waals surface area (Å²) < 4.78 is 0. The summed E-state index contributed by atoms with van der Waals surface area (Å²) >= 11 is 0. The van der Waals surface area contributed by atoms with Crippen LogP contribution in [-0.2, 0) is 0 Å². The second-order valence-electron chi connectivity index (χ2n) is 5.99. The van der Waals surface area contributed by atoms with Gasteiger partial charge in [0, 0.05) is 17.1 Å². The van der Waals surface area contributed by atoms with Crippen molar-refractivity contribution in [2.45, 2.75) is 45.6 Å². The molecule has 0 aliphatic heterocycles. The van der Waals surface area contributed by atoms with Crippen molar-refractivity contribution in [1.82, 2.24) is 10.3 Å². The summed E-state index contributed by atoms with van der Waals surface area (Å²) in [5.74, 6) is 0.476. The van der Waals surface area contributed by atoms with Gasteiger partial charge in [-0.3, -0.25) is 9.78 Å². The number of hydrogen-bond acceptors (Lipinski definition) is 2. The van der Waals surface area contributed by atoms with Crippen molar-refractivity contribution in [3.05, 3.63) is 41.1 Å². The number of nitrogens with one attached hydrogen (secondary N) is 1. The molecule has 1 fully saturated rings. The number of nitrogens with zero attached hydrogens (tertiary/aromatic N) is 1. The summed E-state index contributed by atoms with van der Waals surface area (Å²) in [6.45, 7) is 6.25. The van der Waals surface area contributed by atoms with Gasteiger partial charge in [0.05, 0.1) is 11.1 Å². The lowest BCUT2D eigenvalue weighted by Gasteiger charge is -2.11. The highest BCUT2D eigenvalue weighted by Gasteiger charge is 2.24. The maximum atomic E-state index is 12.4. The molecule has 0 saturated heterocycles. The van der Waals surface area contributed by atoms with Gasteiger partial charge in [0.25, 0.3) is 5.91 Å². The molecule has 3 heteroatoms. The minimum atomic E-state index is 0.0314. The molecule has 1 heterocycles. The lowest BCUT2D eigenvalue weighted by molar-refractivity contribution is 0.0952. The first-order chi connectivity index (χ1) is 9.54. The van der Waals surface area contributed by atoms with Crippen LogP contribution in [-0.4, -0.2) is 16.9 Å². The Hall–Kier alpha value is -1.90. The summed E-state index contributed by atoms with van der Waals surface area (Å²) in [5, 5.41) is 4.03. The zero-order valence-electron chi connectivity index (χ0n) is 12.2. The highest BCUT2D eigenvalue weighted by atomic mass is 16.1. The minimum absolute atomic E-state index is 0.0314. The average Bonchev–Trinajstić information content (AvgIpc) is 3.20. The summed E-state index contributed by atoms with van der Waals surface area (Å²) in [4.78, 5) is 16.9. The number of benzene rings is 1. The largest absolute Gasteiger partial charge is 0.349 e. The number of rotatable bonds is 3. The monoisotopic (exact) mass is 268 g/mol. The van der Waals surface area contributed by atoms with E-state index in [1.54, 1.807) is 0 Å². The molecular weight excluding hydrogens is 248 g/mol. The number of hydrogen-bond donors (Lipinski definition) is 1. The number of aromatic nitrogens is 1. The van der Waals surface area contributed by atoms with Gasteiger partial charge in [-0.25, -0.2) is 0 Å². The molecule has 0 radical (unpaired) electrons. The van der Waals surface area contributed by atoms with Crippen LogP contribution >= 0.6 is 0 Å². The highest BCUT2D eigenvalue weighted by Crippen LogP contribution is 2.25. The molecule has 2 aromatic rings. The minimum Gasteiger partial charge on any atom is -0.349 e. The molecule has 0 spiro atoms. The molecule has 3 rings (SSSR count). The molecule has 1 aromatic heterocycles. The quantitative estimate of drug-likeness (QED) is 0.924. The van der Waals surface area contributed by atoms with E-state index in [0.29, 0.717) is 12.0 Å². The van der Waals surface area contributed by atoms with Crippen LogP contribution in [0.1, 0.15) is 54.2 Å². The Balaban J connectivity index is 2.11. The second kappa shape index (κ2) is 4.89. The van der Waals surface area contributed by atoms with Crippen LogP contribution in [0.4, 0.5) is 0 Å². The van der Waals surface area contributed by atoms with Gasteiger partial charge in [-0.15, -0.1) is 0 Å². The summed E-state index contributed by atoms with van der Waals surface area (Å²) in [5.41, 5.74) is 3.77. The Bertz CT molecular complexity index is 672. The van der Waals surface area contributed by atoms with Crippen molar-refractivity contribution in [3.8, 4) is 0 Å². The van der Waals surface area contributed by atoms with Gasteiger partial charge in [-0.05, 0) is 49.4 Å². The predicted molar refractivity (Wildman–Crippen MR) is 81.1 cm³/mol. The van der Waals surface area contributed by atoms with Crippen LogP contribution in [0.2, 0.25) is 0 Å². The Morgan fingerprint density at radius 3 is 2.70 bits per heavy atom. The summed E-state index contributed by atoms with van der Waals surface area (Å²) in [7, 11) is 0. The Kier molecular flexibility index (Phi) is 3.20. The number of pyridine rings is 1. The molecule has 1 aliphatic carbocycles. The first kappa shape index (κ1) is 13.1. The summed E-state index contributed by atoms with van der Waals surface area (Å²) in [6.07, 6.45) is 2.20. The third kappa shape index (κ3) is 2.53. The molecule has 104 valence electrons. The lowest BCUT2D eigenvalue weighted by Crippen LogP contribution is -2.25. The topological polar surface area (TPSA) is 42.0 Å². The fraction of sp³-hybridized carbons (Fsp3) is 0.412. The number of aryl methyl sites for hydroxylation is 1. The van der Waals surface area contributed by atoms with E-state index in [0.717, 1.165) is 35.0 Å². The lowest BCUT2D eigenvalue weighted by atomic mass is 9.98. The average molecular weight is 268 g/mol. The predicted octanol–water partition coefficient (Wildman–Crippen LogP) is 3.56. The number of amides is 1. The zero-order valence-corrected chi connectivity index (χ0v) is 12.2. The molecule has 1 N–H and O–H groups in total. The van der Waals surface area contributed by atoms with Crippen molar-refractivity contribution in [1.29, 1.82) is 0 Å². The smallest absolute Gasteiger partial charge is 0.252 e. The normalized spacial score (nSPS) is 14.8. The van der Waals surface area contributed by atoms with Crippen molar-refractivity contribution >= 4 is 16.8 Å². The number of carbonyl (C=O) groups excluding carboxylic acids is 1. The van der Waals surface area contributed by atoms with E-state index < -0.39 is 0 Å². The second-order valence-corrected chi connectivity index (χ2v) is 5.99. The fourth-order valence-electron chi connectivity index (χ4n) is 2.41. The van der Waals surface area contributed by atoms with Crippen molar-refractivity contribution in [2.75, 3.05) is 0 Å². The van der Waals surface area contributed by atoms with Crippen LogP contribution in [0.3, 0.4) is 0 Å². The van der Waals surface area contributed by atoms with Crippen LogP contribution < -0.4 is 5.32 Å². The molecule has 0 bridgehead atoms. The maximum Gasteiger partial charge on any atom is 0.252 e. The SMILES string of the molecule is Cc1cc(C(=O)NC2CC2)c2cc(C(C)C)ccc2n1. The van der Waals surface area contributed by atoms with Gasteiger partial charge in [0.2, 0.25) is 0 Å². The molecular formula is C17H20N2O. The number of fused-ring (bicyclic) bond motifs is 1. The van der Waals surface area contributed by atoms with Gasteiger partial charge < -0.3 is 5.32 Å². The van der Waals surface area contributed by atoms with Gasteiger partial charge >= 0.3 is 0 Å². The molecule has 0 atom stereocenters. The van der Waals surface area contributed by atoms with Crippen LogP contribution in [0.25, 0.3) is 10.9 Å². The number of carbonyl (C=O) groups is 1. The van der Waals surface area contributed by atoms with E-state index in [-0.39, 0.29) is 5.91 Å². The third-order valence-electron chi connectivity index (χ3n) is 3.78. The summed E-state index contributed by atoms with van der Waals surface area (Å²) in [6, 6.07) is 8.49. The van der Waals surface area contributed by atoms with Crippen LogP contribution in [0.5, 0.6) is 0 Å². The molecule has 20 heavy (non-hydrogen) atoms. The van der Waals surface area contributed by atoms with Crippen LogP contribution in [0.15, 0.2) is 24.3 Å². The fourth-order valence-corrected chi connectivity index (χ4v) is 2.41. The van der Waals surface area contributed by atoms with E-state index in [4.69, 9.17) is 0 Å². The van der Waals surface area contributed by atoms with E-state index in [1.807, 2.05) is 19.1 Å². The van der Waals surface area contributed by atoms with E-state index in [2.05, 4.69) is 36.3 Å². The first-order valence-electron chi connectivity index (χ1n) is 7.27. The van der Waals surface area contributed by atoms with Gasteiger partial charge in [-0.1, -0.05) is 19.9 Å². The molecule has 0 unspecified atom stereocenters. The molecule has 3 nitrogen and oxygen atoms in total. The van der Waals surface area contributed by atoms with E-state index >= 15 is 0 Å². The zero-order chi connectivity index (χ0) is 14.3. The van der Waals surface area contributed by atoms with Gasteiger partial charge in [0.15, 0.2) is 0 Å². The Morgan fingerprint density at radius 2 is 2.05 bits per heavy atom. The maximum absolute atomic E-state index is 12.4. The Morgan fingerprint density at radius 1 is 1.30 bits per heavy atom. The van der Waals surface area contributed by atoms with E-state index in [1.165, 1.54) is 5.56 Å². The van der Waals surface area contributed by atoms with Crippen LogP contribution in [0, 0.1) is 6.92 Å². The Labute approximate surface area is 119 Å². The first-order valence-corrected chi connectivity index (χ1v) is 7.27. The third-order valence-corrected chi connectivity index (χ3v) is 3.78. The molecule has 1 amide bonds. The van der Waals surface area contributed by atoms with Gasteiger partial charge in [0.1, 0.15) is 0 Å². The molecule has 1 aromatic carbocycles. The standard InChI is InChI=1S/C17H20N2O/c1-10(2)12-4-7-16-14(9-12)15(8-11(3)18-16)17(20)19-13-5-6-13/h4,7-10,13H,5-6H2,1-3H3,(H,19,20). The molecule has 1 saturated carbocycles. The van der Waals surface area contributed by atoms with Gasteiger partial charge in [-0.2, -0.15) is 0 Å². The van der Waals surface area contributed by atoms with E-state index in [9.17, 15) is 4.79 Å². The van der Waals surface area contributed by atoms with Crippen molar-refractivity contribution < 1.29 is 4.79 Å².